The van der Waals surface area contributed by atoms with Crippen molar-refractivity contribution >= 4 is 72.9 Å². The van der Waals surface area contributed by atoms with Crippen molar-refractivity contribution in [1.29, 1.82) is 0 Å². The second-order valence-corrected chi connectivity index (χ2v) is 16.0. The Balaban J connectivity index is 1.33. The van der Waals surface area contributed by atoms with Gasteiger partial charge in [-0.3, -0.25) is 0 Å². The summed E-state index contributed by atoms with van der Waals surface area (Å²) in [5, 5.41) is 4.41. The molecule has 222 valence electrons. The van der Waals surface area contributed by atoms with E-state index in [4.69, 9.17) is 31.5 Å². The molecule has 0 saturated carbocycles. The van der Waals surface area contributed by atoms with Gasteiger partial charge in [0.25, 0.3) is 0 Å². The summed E-state index contributed by atoms with van der Waals surface area (Å²) >= 11 is 16.6. The average molecular weight is 752 g/mol. The van der Waals surface area contributed by atoms with E-state index in [1.54, 1.807) is 45.3 Å². The van der Waals surface area contributed by atoms with Crippen molar-refractivity contribution in [3.05, 3.63) is 130 Å². The van der Waals surface area contributed by atoms with Crippen LogP contribution in [0.5, 0.6) is 0 Å². The molecule has 4 nitrogen and oxygen atoms in total. The fourth-order valence-corrected chi connectivity index (χ4v) is 10.0. The fourth-order valence-electron chi connectivity index (χ4n) is 4.95. The third kappa shape index (κ3) is 5.79. The molecule has 4 aromatic heterocycles. The fraction of sp³-hybridized carbons (Fsp3) is 0. The summed E-state index contributed by atoms with van der Waals surface area (Å²) in [5.74, 6) is 0. The van der Waals surface area contributed by atoms with Crippen molar-refractivity contribution in [3.63, 3.8) is 0 Å². The van der Waals surface area contributed by atoms with Gasteiger partial charge < -0.3 is 0 Å². The Hall–Kier alpha value is -3.83. The van der Waals surface area contributed by atoms with Crippen molar-refractivity contribution in [2.24, 2.45) is 0 Å². The van der Waals surface area contributed by atoms with Crippen LogP contribution in [0.1, 0.15) is 0 Å². The van der Waals surface area contributed by atoms with Gasteiger partial charge in [-0.1, -0.05) is 115 Å². The Kier molecular flexibility index (Phi) is 8.20. The lowest BCUT2D eigenvalue weighted by molar-refractivity contribution is 1.36. The van der Waals surface area contributed by atoms with E-state index < -0.39 is 0 Å². The van der Waals surface area contributed by atoms with Crippen molar-refractivity contribution < 1.29 is 0 Å². The minimum atomic E-state index is 0.697. The van der Waals surface area contributed by atoms with Crippen LogP contribution in [0.3, 0.4) is 0 Å². The highest BCUT2D eigenvalue weighted by Crippen LogP contribution is 2.51. The molecular weight excluding hydrogens is 732 g/mol. The normalized spacial score (nSPS) is 11.3. The topological polar surface area (TPSA) is 51.6 Å². The second kappa shape index (κ2) is 12.8. The van der Waals surface area contributed by atoms with Gasteiger partial charge in [-0.25, -0.2) is 19.9 Å². The van der Waals surface area contributed by atoms with E-state index in [0.29, 0.717) is 5.02 Å². The first-order valence-corrected chi connectivity index (χ1v) is 18.6. The van der Waals surface area contributed by atoms with Gasteiger partial charge in [-0.05, 0) is 28.1 Å². The zero-order valence-corrected chi connectivity index (χ0v) is 29.3. The van der Waals surface area contributed by atoms with E-state index in [9.17, 15) is 0 Å². The van der Waals surface area contributed by atoms with Crippen molar-refractivity contribution in [2.75, 3.05) is 0 Å². The number of hydrogen-bond acceptors (Lipinski definition) is 8. The molecule has 0 aliphatic rings. The van der Waals surface area contributed by atoms with Gasteiger partial charge in [0.15, 0.2) is 0 Å². The van der Waals surface area contributed by atoms with E-state index in [1.807, 2.05) is 85.1 Å². The highest BCUT2D eigenvalue weighted by Gasteiger charge is 2.27. The molecule has 10 heteroatoms. The quantitative estimate of drug-likeness (QED) is 0.163. The van der Waals surface area contributed by atoms with Crippen LogP contribution in [-0.4, -0.2) is 19.9 Å². The van der Waals surface area contributed by atoms with Gasteiger partial charge in [-0.15, -0.1) is 45.3 Å². The molecule has 4 aromatic carbocycles. The molecule has 0 fully saturated rings. The number of hydrogen-bond donors (Lipinski definition) is 0. The molecule has 0 aliphatic carbocycles. The van der Waals surface area contributed by atoms with E-state index in [2.05, 4.69) is 52.3 Å². The summed E-state index contributed by atoms with van der Waals surface area (Å²) in [6, 6.07) is 38.7. The Morgan fingerprint density at radius 1 is 0.457 bits per heavy atom. The average Bonchev–Trinajstić information content (AvgIpc) is 3.91. The zero-order valence-electron chi connectivity index (χ0n) is 23.7. The predicted octanol–water partition coefficient (Wildman–Crippen LogP) is 12.6. The van der Waals surface area contributed by atoms with Crippen LogP contribution in [0.4, 0.5) is 0 Å². The summed E-state index contributed by atoms with van der Waals surface area (Å²) in [7, 11) is 0. The monoisotopic (exact) mass is 750 g/mol. The van der Waals surface area contributed by atoms with Crippen LogP contribution in [0.15, 0.2) is 125 Å². The lowest BCUT2D eigenvalue weighted by Gasteiger charge is -2.01. The molecule has 0 spiro atoms. The number of rotatable bonds is 7. The Morgan fingerprint density at radius 2 is 0.913 bits per heavy atom. The molecule has 0 aliphatic heterocycles. The SMILES string of the molecule is Clc1ccc(-c2nc(-c3sc(-c4ccccc4)nc3-c3sc(-c4ccccc4)nc3-c3cnc(-c4ccccc4)s3)c(Br)s2)cc1. The van der Waals surface area contributed by atoms with Crippen LogP contribution in [0, 0.1) is 0 Å². The van der Waals surface area contributed by atoms with Gasteiger partial charge in [0.05, 0.1) is 18.4 Å². The third-order valence-corrected chi connectivity index (χ3v) is 12.4. The van der Waals surface area contributed by atoms with Gasteiger partial charge in [0.1, 0.15) is 37.1 Å². The standard InChI is InChI=1S/C36H20BrClN4S4/c37-32-29(42-36(46-32)24-16-18-25(38)19-17-24)31-28(41-35(45-31)23-14-8-3-9-15-23)30-27(40-34(44-30)22-12-6-2-7-13-22)26-20-39-33(43-26)21-10-4-1-5-11-21/h1-20H. The first-order valence-electron chi connectivity index (χ1n) is 14.2. The van der Waals surface area contributed by atoms with Crippen molar-refractivity contribution in [2.45, 2.75) is 0 Å². The number of nitrogens with zero attached hydrogens (tertiary/aromatic N) is 4. The lowest BCUT2D eigenvalue weighted by Crippen LogP contribution is -1.85. The molecule has 0 amide bonds. The first kappa shape index (κ1) is 29.6. The summed E-state index contributed by atoms with van der Waals surface area (Å²) in [4.78, 5) is 23.5. The maximum atomic E-state index is 6.19. The molecule has 0 saturated heterocycles. The molecule has 46 heavy (non-hydrogen) atoms. The number of aromatic nitrogens is 4. The predicted molar refractivity (Wildman–Crippen MR) is 200 cm³/mol. The number of thiazole rings is 4. The van der Waals surface area contributed by atoms with Crippen molar-refractivity contribution in [3.8, 4) is 74.0 Å². The van der Waals surface area contributed by atoms with Gasteiger partial charge >= 0.3 is 0 Å². The third-order valence-electron chi connectivity index (χ3n) is 7.16. The largest absolute Gasteiger partial charge is 0.244 e. The van der Waals surface area contributed by atoms with E-state index in [1.165, 1.54) is 0 Å². The maximum Gasteiger partial charge on any atom is 0.125 e. The van der Waals surface area contributed by atoms with Crippen LogP contribution >= 0.6 is 72.9 Å². The first-order chi connectivity index (χ1) is 22.6. The number of benzene rings is 4. The molecule has 0 N–H and O–H groups in total. The van der Waals surface area contributed by atoms with Crippen molar-refractivity contribution in [1.82, 2.24) is 19.9 Å². The maximum absolute atomic E-state index is 6.19. The number of halogens is 2. The molecule has 8 rings (SSSR count). The molecule has 0 unspecified atom stereocenters. The highest BCUT2D eigenvalue weighted by molar-refractivity contribution is 9.11. The summed E-state index contributed by atoms with van der Waals surface area (Å²) in [6.45, 7) is 0. The smallest absolute Gasteiger partial charge is 0.125 e. The summed E-state index contributed by atoms with van der Waals surface area (Å²) in [6.07, 6.45) is 1.93. The lowest BCUT2D eigenvalue weighted by atomic mass is 10.2. The van der Waals surface area contributed by atoms with E-state index in [-0.39, 0.29) is 0 Å². The van der Waals surface area contributed by atoms with Gasteiger partial charge in [-0.2, -0.15) is 0 Å². The van der Waals surface area contributed by atoms with Crippen LogP contribution < -0.4 is 0 Å². The Morgan fingerprint density at radius 3 is 1.50 bits per heavy atom. The van der Waals surface area contributed by atoms with E-state index in [0.717, 1.165) is 77.8 Å². The summed E-state index contributed by atoms with van der Waals surface area (Å²) in [5.41, 5.74) is 6.81. The van der Waals surface area contributed by atoms with E-state index >= 15 is 0 Å². The van der Waals surface area contributed by atoms with Crippen LogP contribution in [0.25, 0.3) is 74.0 Å². The molecule has 4 heterocycles. The second-order valence-electron chi connectivity index (χ2n) is 10.2. The minimum absolute atomic E-state index is 0.697. The molecule has 8 aromatic rings. The molecular formula is C36H20BrClN4S4. The molecule has 0 radical (unpaired) electrons. The minimum Gasteiger partial charge on any atom is -0.244 e. The zero-order chi connectivity index (χ0) is 31.0. The van der Waals surface area contributed by atoms with Crippen LogP contribution in [-0.2, 0) is 0 Å². The highest BCUT2D eigenvalue weighted by atomic mass is 79.9. The van der Waals surface area contributed by atoms with Gasteiger partial charge in [0, 0.05) is 33.5 Å². The van der Waals surface area contributed by atoms with Gasteiger partial charge in [0.2, 0.25) is 0 Å². The van der Waals surface area contributed by atoms with Crippen LogP contribution in [0.2, 0.25) is 5.02 Å². The Labute approximate surface area is 294 Å². The molecule has 0 atom stereocenters. The molecule has 0 bridgehead atoms. The summed E-state index contributed by atoms with van der Waals surface area (Å²) < 4.78 is 0.945. The Bertz CT molecular complexity index is 2280.